The van der Waals surface area contributed by atoms with E-state index < -0.39 is 11.1 Å². The van der Waals surface area contributed by atoms with Crippen molar-refractivity contribution in [3.63, 3.8) is 0 Å². The summed E-state index contributed by atoms with van der Waals surface area (Å²) in [6, 6.07) is 30.7. The number of fused-ring (bicyclic) bond motifs is 2. The molecule has 77 heavy (non-hydrogen) atoms. The van der Waals surface area contributed by atoms with E-state index >= 15 is 0 Å². The predicted octanol–water partition coefficient (Wildman–Crippen LogP) is 8.03. The van der Waals surface area contributed by atoms with Gasteiger partial charge in [0.15, 0.2) is 29.0 Å². The minimum Gasteiger partial charge on any atom is -0.493 e. The number of hydrogen-bond acceptors (Lipinski definition) is 15. The molecule has 398 valence electrons. The minimum absolute atomic E-state index is 0.142. The molecule has 0 bridgehead atoms. The molecule has 3 aromatic heterocycles. The molecular weight excluding hydrogens is 1040 g/mol. The Morgan fingerprint density at radius 3 is 2.08 bits per heavy atom. The van der Waals surface area contributed by atoms with Crippen LogP contribution in [0.25, 0.3) is 11.4 Å². The molecule has 0 unspecified atom stereocenters. The number of methoxy groups -OCH3 is 1. The van der Waals surface area contributed by atoms with E-state index in [1.54, 1.807) is 7.11 Å². The van der Waals surface area contributed by atoms with Crippen molar-refractivity contribution in [2.24, 2.45) is 0 Å². The Kier molecular flexibility index (Phi) is 14.3. The zero-order valence-electron chi connectivity index (χ0n) is 43.0. The first-order valence-electron chi connectivity index (χ1n) is 26.8. The maximum Gasteiger partial charge on any atom is 0.251 e. The second-order valence-corrected chi connectivity index (χ2v) is 21.6. The molecule has 8 heterocycles. The van der Waals surface area contributed by atoms with Crippen molar-refractivity contribution in [2.75, 3.05) is 75.1 Å². The van der Waals surface area contributed by atoms with E-state index in [9.17, 15) is 9.59 Å². The second-order valence-electron chi connectivity index (χ2n) is 20.7. The Labute approximate surface area is 455 Å². The average Bonchev–Trinajstić information content (AvgIpc) is 4.23. The molecule has 3 fully saturated rings. The highest BCUT2D eigenvalue weighted by atomic mass is 79.9. The van der Waals surface area contributed by atoms with Crippen LogP contribution in [0, 0.1) is 0 Å². The summed E-state index contributed by atoms with van der Waals surface area (Å²) in [4.78, 5) is 45.0. The number of hydrogen-bond donors (Lipinski definition) is 8. The summed E-state index contributed by atoms with van der Waals surface area (Å²) in [5, 5.41) is 37.4. The molecule has 20 heteroatoms. The molecule has 0 aliphatic carbocycles. The van der Waals surface area contributed by atoms with Gasteiger partial charge in [-0.3, -0.25) is 19.8 Å². The molecule has 7 aromatic rings. The molecule has 0 saturated carbocycles. The number of halogens is 1. The van der Waals surface area contributed by atoms with Gasteiger partial charge in [0.25, 0.3) is 11.8 Å². The van der Waals surface area contributed by atoms with E-state index in [0.29, 0.717) is 54.5 Å². The van der Waals surface area contributed by atoms with Crippen molar-refractivity contribution in [2.45, 2.75) is 80.4 Å². The molecular formula is C57H63BrN14O5. The number of aromatic nitrogens is 7. The number of para-hydroxylation sites is 1. The number of nitrogens with zero attached hydrogens (tertiary/aromatic N) is 6. The van der Waals surface area contributed by atoms with Gasteiger partial charge in [-0.25, -0.2) is 15.0 Å². The third-order valence-electron chi connectivity index (χ3n) is 15.9. The molecule has 0 radical (unpaired) electrons. The number of carbonyl (C=O) groups is 2. The summed E-state index contributed by atoms with van der Waals surface area (Å²) in [5.74, 6) is 5.88. The van der Waals surface area contributed by atoms with Gasteiger partial charge in [-0.05, 0) is 138 Å². The topological polar surface area (TPSA) is 233 Å². The maximum absolute atomic E-state index is 13.8. The molecule has 5 aliphatic rings. The fourth-order valence-corrected chi connectivity index (χ4v) is 12.0. The molecule has 2 atom stereocenters. The number of ether oxygens (including phenoxy) is 3. The molecule has 5 aliphatic heterocycles. The standard InChI is InChI=1S/C57H63BrN14O5/c1-75-47-10-4-9-42-44(17-30-77-49(42)47)62-52(73)37-5-2-7-40(31-37)66-56(18-23-59-24-19-56)54-64-50(68-70-54)35-14-27-72(28-15-35)48-33-36(13-22-61-48)51-65-55(71-69-51)57(20-25-60-26-21-57)67-41-8-3-6-38(32-41)53(74)63-45-16-29-76-46-12-11-39(58)34-43(45)46/h2-13,22,31-35,44-45,59-60,66-67H,14-21,23-30H2,1H3,(H,62,73)(H,63,74)(H,64,68,70)(H,65,69,71)/t44-,45+/m0/s1. The number of H-pyrrole nitrogens is 2. The van der Waals surface area contributed by atoms with E-state index in [2.05, 4.69) is 69.0 Å². The van der Waals surface area contributed by atoms with Crippen molar-refractivity contribution in [3.05, 3.63) is 147 Å². The first-order valence-corrected chi connectivity index (χ1v) is 27.6. The van der Waals surface area contributed by atoms with Crippen molar-refractivity contribution < 1.29 is 23.8 Å². The number of nitrogens with one attached hydrogen (secondary N) is 8. The van der Waals surface area contributed by atoms with Gasteiger partial charge in [-0.1, -0.05) is 40.2 Å². The third kappa shape index (κ3) is 10.5. The molecule has 12 rings (SSSR count). The van der Waals surface area contributed by atoms with Gasteiger partial charge < -0.3 is 51.0 Å². The molecule has 8 N–H and O–H groups in total. The summed E-state index contributed by atoms with van der Waals surface area (Å²) in [6.45, 7) is 5.82. The molecule has 19 nitrogen and oxygen atoms in total. The van der Waals surface area contributed by atoms with Crippen LogP contribution in [0.2, 0.25) is 0 Å². The van der Waals surface area contributed by atoms with E-state index in [-0.39, 0.29) is 29.8 Å². The van der Waals surface area contributed by atoms with Crippen LogP contribution in [0.4, 0.5) is 17.2 Å². The van der Waals surface area contributed by atoms with Gasteiger partial charge in [0.1, 0.15) is 22.9 Å². The average molecular weight is 1100 g/mol. The number of rotatable bonds is 14. The zero-order valence-corrected chi connectivity index (χ0v) is 44.5. The Hall–Kier alpha value is -7.55. The van der Waals surface area contributed by atoms with E-state index in [1.165, 1.54) is 0 Å². The monoisotopic (exact) mass is 1100 g/mol. The fraction of sp³-hybridized carbons (Fsp3) is 0.386. The number of amides is 2. The van der Waals surface area contributed by atoms with Crippen LogP contribution in [-0.2, 0) is 11.1 Å². The largest absolute Gasteiger partial charge is 0.493 e. The Morgan fingerprint density at radius 2 is 1.36 bits per heavy atom. The van der Waals surface area contributed by atoms with E-state index in [4.69, 9.17) is 39.4 Å². The lowest BCUT2D eigenvalue weighted by Gasteiger charge is -2.37. The normalized spacial score (nSPS) is 19.8. The summed E-state index contributed by atoms with van der Waals surface area (Å²) in [5.41, 5.74) is 4.48. The number of benzene rings is 4. The Bertz CT molecular complexity index is 3250. The summed E-state index contributed by atoms with van der Waals surface area (Å²) in [7, 11) is 1.62. The molecule has 0 spiro atoms. The van der Waals surface area contributed by atoms with Crippen molar-refractivity contribution >= 4 is 44.9 Å². The van der Waals surface area contributed by atoms with Crippen LogP contribution < -0.4 is 51.0 Å². The number of anilines is 3. The molecule has 4 aromatic carbocycles. The highest BCUT2D eigenvalue weighted by Crippen LogP contribution is 2.41. The third-order valence-corrected chi connectivity index (χ3v) is 16.4. The van der Waals surface area contributed by atoms with Gasteiger partial charge >= 0.3 is 0 Å². The quantitative estimate of drug-likeness (QED) is 0.0515. The van der Waals surface area contributed by atoms with Gasteiger partial charge in [-0.15, -0.1) is 0 Å². The van der Waals surface area contributed by atoms with E-state index in [1.807, 2.05) is 97.2 Å². The Morgan fingerprint density at radius 1 is 0.701 bits per heavy atom. The predicted molar refractivity (Wildman–Crippen MR) is 296 cm³/mol. The number of piperidine rings is 3. The van der Waals surface area contributed by atoms with Gasteiger partial charge in [0.05, 0.1) is 37.9 Å². The lowest BCUT2D eigenvalue weighted by Crippen LogP contribution is -2.46. The van der Waals surface area contributed by atoms with Crippen LogP contribution in [0.5, 0.6) is 17.2 Å². The number of pyridine rings is 1. The lowest BCUT2D eigenvalue weighted by molar-refractivity contribution is 0.0915. The summed E-state index contributed by atoms with van der Waals surface area (Å²) < 4.78 is 18.3. The zero-order chi connectivity index (χ0) is 52.3. The summed E-state index contributed by atoms with van der Waals surface area (Å²) in [6.07, 6.45) is 8.03. The number of aromatic amines is 2. The van der Waals surface area contributed by atoms with Gasteiger partial charge in [0, 0.05) is 81.7 Å². The van der Waals surface area contributed by atoms with Gasteiger partial charge in [-0.2, -0.15) is 10.2 Å². The SMILES string of the molecule is COc1cccc2c1OCC[C@@H]2NC(=O)c1cccc(NC2(c3n[nH]c(C4CCN(c5cc(-c6n[nH]c(C7(Nc8cccc(C(=O)N[C@@H]9CCOc%10ccc(Br)cc%109)c8)CCNCC7)n6)ccn5)CC4)n3)CCNCC2)c1. The van der Waals surface area contributed by atoms with Crippen LogP contribution in [0.15, 0.2) is 108 Å². The maximum atomic E-state index is 13.8. The van der Waals surface area contributed by atoms with Gasteiger partial charge in [0.2, 0.25) is 0 Å². The second kappa shape index (κ2) is 21.8. The fourth-order valence-electron chi connectivity index (χ4n) is 11.7. The lowest BCUT2D eigenvalue weighted by atomic mass is 9.86. The molecule has 3 saturated heterocycles. The van der Waals surface area contributed by atoms with Crippen molar-refractivity contribution in [3.8, 4) is 28.6 Å². The highest BCUT2D eigenvalue weighted by Gasteiger charge is 2.40. The van der Waals surface area contributed by atoms with Crippen LogP contribution in [0.1, 0.15) is 119 Å². The first-order chi connectivity index (χ1) is 37.7. The minimum atomic E-state index is -0.544. The smallest absolute Gasteiger partial charge is 0.251 e. The molecule has 2 amide bonds. The number of carbonyl (C=O) groups excluding carboxylic acids is 2. The van der Waals surface area contributed by atoms with Crippen LogP contribution in [0.3, 0.4) is 0 Å². The first kappa shape index (κ1) is 50.3. The summed E-state index contributed by atoms with van der Waals surface area (Å²) >= 11 is 3.57. The van der Waals surface area contributed by atoms with Crippen LogP contribution in [-0.4, -0.2) is 107 Å². The van der Waals surface area contributed by atoms with Crippen molar-refractivity contribution in [1.82, 2.24) is 56.6 Å². The Balaban J connectivity index is 0.691. The van der Waals surface area contributed by atoms with Crippen LogP contribution >= 0.6 is 15.9 Å². The highest BCUT2D eigenvalue weighted by molar-refractivity contribution is 9.10. The van der Waals surface area contributed by atoms with Crippen molar-refractivity contribution in [1.29, 1.82) is 0 Å². The van der Waals surface area contributed by atoms with E-state index in [0.717, 1.165) is 139 Å².